The van der Waals surface area contributed by atoms with Crippen LogP contribution in [-0.2, 0) is 35.5 Å². The van der Waals surface area contributed by atoms with E-state index in [0.717, 1.165) is 48.8 Å². The van der Waals surface area contributed by atoms with E-state index in [4.69, 9.17) is 43.8 Å². The van der Waals surface area contributed by atoms with Gasteiger partial charge in [-0.2, -0.15) is 17.3 Å². The largest absolute Gasteiger partial charge is 2.00 e. The number of aryl methyl sites for hydroxylation is 1. The first-order chi connectivity index (χ1) is 33.0. The van der Waals surface area contributed by atoms with Crippen molar-refractivity contribution in [2.45, 2.75) is 39.0 Å². The Hall–Kier alpha value is -6.11. The molecule has 68 heavy (non-hydrogen) atoms. The average molecular weight is 1090 g/mol. The van der Waals surface area contributed by atoms with Crippen molar-refractivity contribution in [1.29, 1.82) is 0 Å². The van der Waals surface area contributed by atoms with Crippen LogP contribution >= 0.6 is 57.6 Å². The maximum Gasteiger partial charge on any atom is 2.00 e. The smallest absolute Gasteiger partial charge is 0.753 e. The molecule has 0 radical (unpaired) electrons. The second-order valence-electron chi connectivity index (χ2n) is 14.2. The molecule has 0 bridgehead atoms. The van der Waals surface area contributed by atoms with Crippen LogP contribution < -0.4 is 28.4 Å². The summed E-state index contributed by atoms with van der Waals surface area (Å²) in [5, 5.41) is 14.6. The third-order valence-electron chi connectivity index (χ3n) is 9.96. The molecule has 0 atom stereocenters. The summed E-state index contributed by atoms with van der Waals surface area (Å²) in [6.07, 6.45) is 11.3. The number of hydrogen-bond acceptors (Lipinski definition) is 18. The molecule has 2 aliphatic rings. The van der Waals surface area contributed by atoms with E-state index >= 15 is 0 Å². The van der Waals surface area contributed by atoms with Crippen molar-refractivity contribution < 1.29 is 57.5 Å². The summed E-state index contributed by atoms with van der Waals surface area (Å²) >= 11 is 10.2. The Kier molecular flexibility index (Phi) is 18.1. The molecular weight excluding hydrogens is 1050 g/mol. The van der Waals surface area contributed by atoms with Gasteiger partial charge in [0.1, 0.15) is 37.9 Å². The molecular formula is C48H38N6O8RuS5. The Morgan fingerprint density at radius 3 is 2.12 bits per heavy atom. The molecule has 8 aromatic heterocycles. The van der Waals surface area contributed by atoms with E-state index in [1.165, 1.54) is 70.2 Å². The van der Waals surface area contributed by atoms with Crippen molar-refractivity contribution in [3.63, 3.8) is 0 Å². The van der Waals surface area contributed by atoms with Gasteiger partial charge < -0.3 is 33.8 Å². The number of thiocarbonyl (C=S) groups is 1. The predicted octanol–water partition coefficient (Wildman–Crippen LogP) is 11.8. The van der Waals surface area contributed by atoms with Crippen molar-refractivity contribution in [1.82, 2.24) is 24.9 Å². The minimum Gasteiger partial charge on any atom is -0.753 e. The Morgan fingerprint density at radius 2 is 1.38 bits per heavy atom. The third kappa shape index (κ3) is 11.9. The molecule has 0 fully saturated rings. The molecule has 0 N–H and O–H groups in total. The maximum absolute atomic E-state index is 11.2. The SMILES string of the molecule is CCCCCCc1ccsc1-c1ccnc(-c2[c-]ccs2)n1.O=COc1ccnc(-c2cc(OC=O)cc(-c3cc(-c4sc(-c5scc6c5OCCO6)c5c4OCCO5)ccn3)n2)c1.[N-]=C=S.[Ru+2]. The fourth-order valence-electron chi connectivity index (χ4n) is 7.05. The average Bonchev–Trinajstić information content (AvgIpc) is 4.21. The van der Waals surface area contributed by atoms with Gasteiger partial charge in [-0.1, -0.05) is 43.3 Å². The first-order valence-corrected chi connectivity index (χ1v) is 24.7. The molecule has 14 nitrogen and oxygen atoms in total. The summed E-state index contributed by atoms with van der Waals surface area (Å²) in [4.78, 5) is 49.7. The van der Waals surface area contributed by atoms with E-state index in [1.54, 1.807) is 53.1 Å². The number of carbonyl (C=O) groups is 2. The number of pyridine rings is 3. The molecule has 0 aliphatic carbocycles. The van der Waals surface area contributed by atoms with Crippen molar-refractivity contribution in [3.8, 4) is 98.7 Å². The first-order valence-electron chi connectivity index (χ1n) is 20.8. The minimum absolute atomic E-state index is 0. The van der Waals surface area contributed by atoms with Gasteiger partial charge in [-0.25, -0.2) is 16.3 Å². The normalized spacial score (nSPS) is 11.9. The minimum atomic E-state index is 0. The Morgan fingerprint density at radius 1 is 0.706 bits per heavy atom. The molecule has 8 aromatic rings. The van der Waals surface area contributed by atoms with Crippen molar-refractivity contribution in [3.05, 3.63) is 106 Å². The number of unbranched alkanes of at least 4 members (excludes halogenated alkanes) is 3. The zero-order valence-electron chi connectivity index (χ0n) is 36.0. The van der Waals surface area contributed by atoms with Crippen LogP contribution in [0.3, 0.4) is 0 Å². The van der Waals surface area contributed by atoms with Crippen LogP contribution in [0.2, 0.25) is 0 Å². The van der Waals surface area contributed by atoms with Gasteiger partial charge in [-0.05, 0) is 59.7 Å². The van der Waals surface area contributed by atoms with Crippen LogP contribution in [0.1, 0.15) is 38.2 Å². The maximum atomic E-state index is 11.2. The summed E-state index contributed by atoms with van der Waals surface area (Å²) in [6, 6.07) is 19.4. The first kappa shape index (κ1) is 49.8. The second kappa shape index (κ2) is 24.8. The summed E-state index contributed by atoms with van der Waals surface area (Å²) in [5.41, 5.74) is 5.06. The molecule has 0 saturated heterocycles. The van der Waals surface area contributed by atoms with E-state index in [0.29, 0.717) is 85.1 Å². The van der Waals surface area contributed by atoms with Crippen LogP contribution in [0.15, 0.2) is 89.3 Å². The van der Waals surface area contributed by atoms with Crippen LogP contribution in [0.25, 0.3) is 69.7 Å². The van der Waals surface area contributed by atoms with Gasteiger partial charge in [0.25, 0.3) is 12.9 Å². The molecule has 0 aromatic carbocycles. The number of carbonyl (C=O) groups excluding carboxylic acids is 2. The standard InChI is InChI=1S/C29H19N3O8S2.C18H19N2S2.CNS.Ru/c33-14-39-17-2-4-31-20(10-17)22-12-18(40-15-34)11-21(32-22)19-9-16(1-3-30-19)27-25-26(38-8-7-37-25)29(42-27)28-24-23(13-41-28)35-5-6-36-24;1-2-3-4-5-7-14-10-13-22-17(14)15-9-11-19-18(20-15)16-8-6-12-21-16;2-1-3;/h1-4,9-15H,5-8H2;6,9-13H,2-5,7H2,1H3;;/q;2*-1;+2. The van der Waals surface area contributed by atoms with Crippen LogP contribution in [0.5, 0.6) is 34.5 Å². The van der Waals surface area contributed by atoms with Gasteiger partial charge in [0, 0.05) is 42.2 Å². The fourth-order valence-corrected chi connectivity index (χ4v) is 10.8. The van der Waals surface area contributed by atoms with Crippen molar-refractivity contribution >= 4 is 75.7 Å². The van der Waals surface area contributed by atoms with Gasteiger partial charge in [0.05, 0.1) is 53.8 Å². The molecule has 10 rings (SSSR count). The Balaban J connectivity index is 0.000000222. The van der Waals surface area contributed by atoms with Crippen LogP contribution in [-0.4, -0.2) is 69.5 Å². The van der Waals surface area contributed by atoms with E-state index in [9.17, 15) is 9.59 Å². The second-order valence-corrected chi connectivity index (χ2v) is 18.1. The van der Waals surface area contributed by atoms with E-state index in [-0.39, 0.29) is 25.2 Å². The van der Waals surface area contributed by atoms with Gasteiger partial charge in [-0.15, -0.1) is 39.4 Å². The van der Waals surface area contributed by atoms with E-state index < -0.39 is 0 Å². The number of fused-ring (bicyclic) bond motifs is 2. The molecule has 0 unspecified atom stereocenters. The fraction of sp³-hybridized carbons (Fsp3) is 0.208. The van der Waals surface area contributed by atoms with Crippen molar-refractivity contribution in [2.24, 2.45) is 0 Å². The summed E-state index contributed by atoms with van der Waals surface area (Å²) in [5.74, 6) is 4.08. The van der Waals surface area contributed by atoms with E-state index in [1.807, 2.05) is 41.2 Å². The Bertz CT molecular complexity index is 2990. The number of ether oxygens (including phenoxy) is 6. The quantitative estimate of drug-likeness (QED) is 0.0237. The molecule has 0 spiro atoms. The predicted molar refractivity (Wildman–Crippen MR) is 264 cm³/mol. The summed E-state index contributed by atoms with van der Waals surface area (Å²) in [6.45, 7) is 4.77. The van der Waals surface area contributed by atoms with Gasteiger partial charge in [-0.3, -0.25) is 29.5 Å². The number of rotatable bonds is 15. The summed E-state index contributed by atoms with van der Waals surface area (Å²) < 4.78 is 34.0. The van der Waals surface area contributed by atoms with Crippen molar-refractivity contribution in [2.75, 3.05) is 26.4 Å². The molecule has 0 saturated carbocycles. The van der Waals surface area contributed by atoms with E-state index in [2.05, 4.69) is 51.6 Å². The third-order valence-corrected chi connectivity index (χ3v) is 14.1. The van der Waals surface area contributed by atoms with Gasteiger partial charge in [0.2, 0.25) is 0 Å². The molecule has 10 heterocycles. The molecule has 2 aliphatic heterocycles. The summed E-state index contributed by atoms with van der Waals surface area (Å²) in [7, 11) is 0. The number of aromatic nitrogens is 5. The van der Waals surface area contributed by atoms with Gasteiger partial charge >= 0.3 is 19.5 Å². The Labute approximate surface area is 425 Å². The zero-order chi connectivity index (χ0) is 46.4. The number of isothiocyanates is 1. The van der Waals surface area contributed by atoms with Gasteiger partial charge in [0.15, 0.2) is 23.0 Å². The number of thiophene rings is 4. The molecule has 346 valence electrons. The monoisotopic (exact) mass is 1090 g/mol. The topological polar surface area (TPSA) is 176 Å². The molecule has 20 heteroatoms. The number of hydrogen-bond donors (Lipinski definition) is 0. The van der Waals surface area contributed by atoms with Crippen LogP contribution in [0, 0.1) is 6.07 Å². The zero-order valence-corrected chi connectivity index (χ0v) is 41.8. The molecule has 0 amide bonds. The van der Waals surface area contributed by atoms with Crippen LogP contribution in [0.4, 0.5) is 0 Å². The number of nitrogens with zero attached hydrogens (tertiary/aromatic N) is 6.